The Bertz CT molecular complexity index is 990. The van der Waals surface area contributed by atoms with Crippen molar-refractivity contribution in [2.24, 2.45) is 11.8 Å². The molecule has 2 saturated heterocycles. The molecule has 8 nitrogen and oxygen atoms in total. The van der Waals surface area contributed by atoms with Gasteiger partial charge in [0.15, 0.2) is 0 Å². The zero-order valence-corrected chi connectivity index (χ0v) is 19.0. The molecular weight excluding hydrogens is 422 g/mol. The molecule has 0 radical (unpaired) electrons. The number of nitrogens with one attached hydrogen (secondary N) is 1. The molecule has 3 heterocycles. The van der Waals surface area contributed by atoms with E-state index in [4.69, 9.17) is 9.47 Å². The molecule has 1 unspecified atom stereocenters. The van der Waals surface area contributed by atoms with Crippen LogP contribution in [-0.2, 0) is 20.9 Å². The summed E-state index contributed by atoms with van der Waals surface area (Å²) >= 11 is 0. The van der Waals surface area contributed by atoms with Crippen LogP contribution >= 0.6 is 0 Å². The van der Waals surface area contributed by atoms with Crippen LogP contribution in [0.3, 0.4) is 0 Å². The van der Waals surface area contributed by atoms with Crippen molar-refractivity contribution < 1.29 is 23.9 Å². The third-order valence-corrected chi connectivity index (χ3v) is 8.27. The lowest BCUT2D eigenvalue weighted by molar-refractivity contribution is -0.136. The van der Waals surface area contributed by atoms with Crippen molar-refractivity contribution in [2.75, 3.05) is 19.7 Å². The van der Waals surface area contributed by atoms with E-state index in [2.05, 4.69) is 10.2 Å². The van der Waals surface area contributed by atoms with Crippen LogP contribution in [0.25, 0.3) is 0 Å². The minimum Gasteiger partial charge on any atom is -0.488 e. The molecule has 176 valence electrons. The van der Waals surface area contributed by atoms with E-state index in [1.807, 2.05) is 25.1 Å². The first kappa shape index (κ1) is 21.1. The van der Waals surface area contributed by atoms with Gasteiger partial charge < -0.3 is 14.4 Å². The maximum atomic E-state index is 13.0. The van der Waals surface area contributed by atoms with Crippen LogP contribution in [0.1, 0.15) is 54.9 Å². The Morgan fingerprint density at radius 3 is 2.70 bits per heavy atom. The Labute approximate surface area is 193 Å². The van der Waals surface area contributed by atoms with Gasteiger partial charge in [0.2, 0.25) is 11.8 Å². The first-order chi connectivity index (χ1) is 16.0. The van der Waals surface area contributed by atoms with E-state index in [1.54, 1.807) is 4.90 Å². The van der Waals surface area contributed by atoms with Crippen LogP contribution in [-0.4, -0.2) is 71.5 Å². The first-order valence-corrected chi connectivity index (χ1v) is 12.3. The fourth-order valence-corrected chi connectivity index (χ4v) is 6.72. The Hall–Kier alpha value is -2.45. The molecule has 1 aromatic rings. The second-order valence-corrected chi connectivity index (χ2v) is 10.2. The molecule has 1 aromatic carbocycles. The highest BCUT2D eigenvalue weighted by molar-refractivity contribution is 6.05. The molecule has 1 N–H and O–H groups in total. The van der Waals surface area contributed by atoms with Crippen molar-refractivity contribution in [3.63, 3.8) is 0 Å². The van der Waals surface area contributed by atoms with E-state index in [1.165, 1.54) is 19.3 Å². The van der Waals surface area contributed by atoms with Crippen LogP contribution < -0.4 is 10.1 Å². The number of nitrogens with zero attached hydrogens (tertiary/aromatic N) is 2. The predicted octanol–water partition coefficient (Wildman–Crippen LogP) is 1.71. The SMILES string of the molecule is CCOC1CN([C@@H]2[C@H]3CC[C@H](C3)[C@@H]2Oc2ccc3c(c2)CN(C2CCC(=O)NC2=O)C3=O)C1. The van der Waals surface area contributed by atoms with Gasteiger partial charge in [-0.1, -0.05) is 0 Å². The number of rotatable bonds is 6. The first-order valence-electron chi connectivity index (χ1n) is 12.3. The van der Waals surface area contributed by atoms with Gasteiger partial charge in [0.25, 0.3) is 5.91 Å². The minimum atomic E-state index is -0.591. The van der Waals surface area contributed by atoms with Crippen LogP contribution in [0.15, 0.2) is 18.2 Å². The summed E-state index contributed by atoms with van der Waals surface area (Å²) in [5, 5.41) is 2.36. The number of carbonyl (C=O) groups excluding carboxylic acids is 3. The van der Waals surface area contributed by atoms with Crippen molar-refractivity contribution in [1.82, 2.24) is 15.1 Å². The van der Waals surface area contributed by atoms with Crippen molar-refractivity contribution >= 4 is 17.7 Å². The quantitative estimate of drug-likeness (QED) is 0.660. The molecular formula is C25H31N3O5. The average molecular weight is 454 g/mol. The van der Waals surface area contributed by atoms with E-state index in [9.17, 15) is 14.4 Å². The molecule has 33 heavy (non-hydrogen) atoms. The second kappa shape index (κ2) is 8.09. The minimum absolute atomic E-state index is 0.147. The lowest BCUT2D eigenvalue weighted by Gasteiger charge is -2.47. The fourth-order valence-electron chi connectivity index (χ4n) is 6.72. The predicted molar refractivity (Wildman–Crippen MR) is 119 cm³/mol. The van der Waals surface area contributed by atoms with E-state index in [0.29, 0.717) is 42.5 Å². The van der Waals surface area contributed by atoms with Gasteiger partial charge in [-0.3, -0.25) is 24.6 Å². The molecule has 2 bridgehead atoms. The van der Waals surface area contributed by atoms with E-state index >= 15 is 0 Å². The van der Waals surface area contributed by atoms with Crippen LogP contribution in [0, 0.1) is 11.8 Å². The molecule has 6 rings (SSSR count). The number of benzene rings is 1. The summed E-state index contributed by atoms with van der Waals surface area (Å²) in [6.07, 6.45) is 4.90. The summed E-state index contributed by atoms with van der Waals surface area (Å²) in [5.41, 5.74) is 1.51. The van der Waals surface area contributed by atoms with E-state index in [-0.39, 0.29) is 30.2 Å². The summed E-state index contributed by atoms with van der Waals surface area (Å²) in [6, 6.07) is 5.55. The second-order valence-electron chi connectivity index (χ2n) is 10.2. The van der Waals surface area contributed by atoms with Gasteiger partial charge in [0.1, 0.15) is 17.9 Å². The number of piperidine rings is 1. The monoisotopic (exact) mass is 453 g/mol. The lowest BCUT2D eigenvalue weighted by Crippen LogP contribution is -2.61. The molecule has 2 saturated carbocycles. The van der Waals surface area contributed by atoms with Crippen molar-refractivity contribution in [2.45, 2.75) is 69.9 Å². The summed E-state index contributed by atoms with van der Waals surface area (Å²) in [7, 11) is 0. The zero-order chi connectivity index (χ0) is 22.7. The summed E-state index contributed by atoms with van der Waals surface area (Å²) in [4.78, 5) is 40.9. The highest BCUT2D eigenvalue weighted by Crippen LogP contribution is 2.49. The molecule has 8 heteroatoms. The standard InChI is InChI=1S/C25H31N3O5/c1-2-32-18-12-27(13-18)22-14-3-4-15(9-14)23(22)33-17-5-6-19-16(10-17)11-28(25(19)31)20-7-8-21(29)26-24(20)30/h5-6,10,14-15,18,20,22-23H,2-4,7-9,11-13H2,1H3,(H,26,29,30)/t14-,15+,20?,22+,23-/m0/s1. The molecule has 4 fully saturated rings. The van der Waals surface area contributed by atoms with Crippen molar-refractivity contribution in [3.8, 4) is 5.75 Å². The Balaban J connectivity index is 1.16. The number of likely N-dealkylation sites (tertiary alicyclic amines) is 1. The Kier molecular flexibility index (Phi) is 5.18. The topological polar surface area (TPSA) is 88.2 Å². The number of carbonyl (C=O) groups is 3. The number of ether oxygens (including phenoxy) is 2. The van der Waals surface area contributed by atoms with E-state index in [0.717, 1.165) is 31.0 Å². The van der Waals surface area contributed by atoms with Gasteiger partial charge in [0, 0.05) is 44.3 Å². The van der Waals surface area contributed by atoms with E-state index < -0.39 is 6.04 Å². The summed E-state index contributed by atoms with van der Waals surface area (Å²) in [6.45, 7) is 5.16. The number of imide groups is 1. The molecule has 0 aromatic heterocycles. The van der Waals surface area contributed by atoms with Gasteiger partial charge in [0.05, 0.1) is 6.10 Å². The smallest absolute Gasteiger partial charge is 0.255 e. The average Bonchev–Trinajstić information content (AvgIpc) is 3.45. The highest BCUT2D eigenvalue weighted by atomic mass is 16.5. The van der Waals surface area contributed by atoms with Gasteiger partial charge >= 0.3 is 0 Å². The third kappa shape index (κ3) is 3.54. The zero-order valence-electron chi connectivity index (χ0n) is 19.0. The molecule has 3 aliphatic heterocycles. The maximum absolute atomic E-state index is 13.0. The van der Waals surface area contributed by atoms with Gasteiger partial charge in [-0.05, 0) is 68.2 Å². The number of hydrogen-bond donors (Lipinski definition) is 1. The van der Waals surface area contributed by atoms with Gasteiger partial charge in [-0.2, -0.15) is 0 Å². The molecule has 3 amide bonds. The van der Waals surface area contributed by atoms with Crippen LogP contribution in [0.5, 0.6) is 5.75 Å². The van der Waals surface area contributed by atoms with Crippen molar-refractivity contribution in [1.29, 1.82) is 0 Å². The number of amides is 3. The summed E-state index contributed by atoms with van der Waals surface area (Å²) < 4.78 is 12.4. The van der Waals surface area contributed by atoms with Crippen molar-refractivity contribution in [3.05, 3.63) is 29.3 Å². The van der Waals surface area contributed by atoms with Crippen LogP contribution in [0.4, 0.5) is 0 Å². The maximum Gasteiger partial charge on any atom is 0.255 e. The van der Waals surface area contributed by atoms with Gasteiger partial charge in [-0.25, -0.2) is 0 Å². The Morgan fingerprint density at radius 2 is 1.91 bits per heavy atom. The molecule has 0 spiro atoms. The molecule has 5 aliphatic rings. The highest BCUT2D eigenvalue weighted by Gasteiger charge is 2.53. The molecule has 2 aliphatic carbocycles. The van der Waals surface area contributed by atoms with Gasteiger partial charge in [-0.15, -0.1) is 0 Å². The number of hydrogen-bond acceptors (Lipinski definition) is 6. The molecule has 5 atom stereocenters. The lowest BCUT2D eigenvalue weighted by atomic mass is 9.89. The number of fused-ring (bicyclic) bond motifs is 3. The summed E-state index contributed by atoms with van der Waals surface area (Å²) in [5.74, 6) is 1.28. The largest absolute Gasteiger partial charge is 0.488 e. The van der Waals surface area contributed by atoms with Crippen LogP contribution in [0.2, 0.25) is 0 Å². The fraction of sp³-hybridized carbons (Fsp3) is 0.640. The third-order valence-electron chi connectivity index (χ3n) is 8.27. The normalized spacial score (nSPS) is 33.9. The Morgan fingerprint density at radius 1 is 1.09 bits per heavy atom.